The number of carbonyl (C=O) groups is 1. The monoisotopic (exact) mass is 249 g/mol. The van der Waals surface area contributed by atoms with E-state index in [1.165, 1.54) is 31.3 Å². The van der Waals surface area contributed by atoms with Crippen LogP contribution in [0.5, 0.6) is 5.75 Å². The molecular weight excluding hydrogens is 237 g/mol. The number of nitrogens with zero attached hydrogens (tertiary/aromatic N) is 1. The number of aryl methyl sites for hydroxylation is 1. The molecule has 94 valence electrons. The first-order chi connectivity index (χ1) is 8.49. The average molecular weight is 249 g/mol. The molecule has 1 N–H and O–H groups in total. The zero-order valence-electron chi connectivity index (χ0n) is 9.98. The lowest BCUT2D eigenvalue weighted by atomic mass is 10.1. The van der Waals surface area contributed by atoms with Gasteiger partial charge in [-0.05, 0) is 37.6 Å². The van der Waals surface area contributed by atoms with Crippen molar-refractivity contribution in [3.8, 4) is 5.75 Å². The van der Waals surface area contributed by atoms with Gasteiger partial charge in [-0.1, -0.05) is 0 Å². The van der Waals surface area contributed by atoms with Crippen LogP contribution in [0.2, 0.25) is 0 Å². The molecule has 0 radical (unpaired) electrons. The van der Waals surface area contributed by atoms with Crippen molar-refractivity contribution in [1.29, 1.82) is 0 Å². The molecule has 0 fully saturated rings. The van der Waals surface area contributed by atoms with Crippen LogP contribution in [0.25, 0.3) is 10.9 Å². The van der Waals surface area contributed by atoms with Gasteiger partial charge in [0, 0.05) is 11.6 Å². The highest BCUT2D eigenvalue weighted by molar-refractivity contribution is 5.87. The molecule has 1 aromatic heterocycles. The number of pyridine rings is 1. The average Bonchev–Trinajstić information content (AvgIpc) is 2.29. The van der Waals surface area contributed by atoms with Crippen LogP contribution in [0.1, 0.15) is 12.5 Å². The molecule has 0 saturated carbocycles. The summed E-state index contributed by atoms with van der Waals surface area (Å²) in [7, 11) is 0. The van der Waals surface area contributed by atoms with Crippen LogP contribution in [0.15, 0.2) is 24.4 Å². The van der Waals surface area contributed by atoms with Crippen molar-refractivity contribution in [2.45, 2.75) is 20.0 Å². The van der Waals surface area contributed by atoms with Crippen molar-refractivity contribution in [2.75, 3.05) is 0 Å². The van der Waals surface area contributed by atoms with Crippen molar-refractivity contribution >= 4 is 16.9 Å². The van der Waals surface area contributed by atoms with Gasteiger partial charge in [0.1, 0.15) is 11.6 Å². The standard InChI is InChI=1S/C13H12FNO3/c1-7-5-9(14)6-10-11(3-4-15-12(7)10)18-8(2)13(16)17/h3-6,8H,1-2H3,(H,16,17)/t8-/m0/s1. The van der Waals surface area contributed by atoms with Crippen LogP contribution in [-0.2, 0) is 4.79 Å². The number of carboxylic acids is 1. The third-order valence-corrected chi connectivity index (χ3v) is 2.61. The molecular formula is C13H12FNO3. The zero-order chi connectivity index (χ0) is 13.3. The summed E-state index contributed by atoms with van der Waals surface area (Å²) in [5.74, 6) is -1.16. The normalized spacial score (nSPS) is 12.4. The molecule has 0 aliphatic rings. The van der Waals surface area contributed by atoms with E-state index in [1.54, 1.807) is 6.92 Å². The summed E-state index contributed by atoms with van der Waals surface area (Å²) < 4.78 is 18.7. The largest absolute Gasteiger partial charge is 0.479 e. The second-order valence-electron chi connectivity index (χ2n) is 4.03. The Balaban J connectivity index is 2.54. The number of aliphatic carboxylic acids is 1. The highest BCUT2D eigenvalue weighted by Gasteiger charge is 2.15. The third kappa shape index (κ3) is 2.25. The summed E-state index contributed by atoms with van der Waals surface area (Å²) in [5, 5.41) is 9.28. The number of fused-ring (bicyclic) bond motifs is 1. The molecule has 0 spiro atoms. The number of ether oxygens (including phenoxy) is 1. The molecule has 0 aliphatic heterocycles. The van der Waals surface area contributed by atoms with Crippen LogP contribution in [-0.4, -0.2) is 22.2 Å². The van der Waals surface area contributed by atoms with E-state index < -0.39 is 17.9 Å². The molecule has 2 aromatic rings. The number of hydrogen-bond donors (Lipinski definition) is 1. The lowest BCUT2D eigenvalue weighted by Crippen LogP contribution is -2.23. The van der Waals surface area contributed by atoms with Gasteiger partial charge in [-0.25, -0.2) is 9.18 Å². The summed E-state index contributed by atoms with van der Waals surface area (Å²) in [6.45, 7) is 3.16. The predicted molar refractivity (Wildman–Crippen MR) is 64.2 cm³/mol. The van der Waals surface area contributed by atoms with Crippen LogP contribution >= 0.6 is 0 Å². The highest BCUT2D eigenvalue weighted by Crippen LogP contribution is 2.27. The van der Waals surface area contributed by atoms with Gasteiger partial charge in [0.05, 0.1) is 5.52 Å². The maximum atomic E-state index is 13.4. The highest BCUT2D eigenvalue weighted by atomic mass is 19.1. The summed E-state index contributed by atoms with van der Waals surface area (Å²) >= 11 is 0. The smallest absolute Gasteiger partial charge is 0.344 e. The van der Waals surface area contributed by atoms with Crippen molar-refractivity contribution in [1.82, 2.24) is 4.98 Å². The molecule has 0 saturated heterocycles. The van der Waals surface area contributed by atoms with E-state index in [0.717, 1.165) is 0 Å². The second-order valence-corrected chi connectivity index (χ2v) is 4.03. The fourth-order valence-corrected chi connectivity index (χ4v) is 1.71. The maximum Gasteiger partial charge on any atom is 0.344 e. The fraction of sp³-hybridized carbons (Fsp3) is 0.231. The SMILES string of the molecule is Cc1cc(F)cc2c(O[C@@H](C)C(=O)O)ccnc12. The number of carboxylic acid groups (broad SMARTS) is 1. The minimum atomic E-state index is -1.08. The topological polar surface area (TPSA) is 59.4 Å². The summed E-state index contributed by atoms with van der Waals surface area (Å²) in [5.41, 5.74) is 1.28. The molecule has 5 heteroatoms. The fourth-order valence-electron chi connectivity index (χ4n) is 1.71. The molecule has 1 atom stereocenters. The Labute approximate surface area is 103 Å². The Morgan fingerprint density at radius 3 is 2.89 bits per heavy atom. The lowest BCUT2D eigenvalue weighted by Gasteiger charge is -2.13. The first kappa shape index (κ1) is 12.3. The molecule has 0 aliphatic carbocycles. The van der Waals surface area contributed by atoms with E-state index in [4.69, 9.17) is 9.84 Å². The number of rotatable bonds is 3. The number of aromatic nitrogens is 1. The lowest BCUT2D eigenvalue weighted by molar-refractivity contribution is -0.144. The van der Waals surface area contributed by atoms with Crippen LogP contribution < -0.4 is 4.74 Å². The number of benzene rings is 1. The van der Waals surface area contributed by atoms with Crippen LogP contribution in [0.3, 0.4) is 0 Å². The Morgan fingerprint density at radius 2 is 2.22 bits per heavy atom. The first-order valence-corrected chi connectivity index (χ1v) is 5.43. The van der Waals surface area contributed by atoms with E-state index in [-0.39, 0.29) is 0 Å². The molecule has 2 rings (SSSR count). The van der Waals surface area contributed by atoms with Crippen molar-refractivity contribution < 1.29 is 19.0 Å². The van der Waals surface area contributed by atoms with Gasteiger partial charge in [-0.2, -0.15) is 0 Å². The minimum Gasteiger partial charge on any atom is -0.479 e. The summed E-state index contributed by atoms with van der Waals surface area (Å²) in [6, 6.07) is 4.19. The van der Waals surface area contributed by atoms with Gasteiger partial charge in [0.15, 0.2) is 6.10 Å². The van der Waals surface area contributed by atoms with E-state index in [9.17, 15) is 9.18 Å². The zero-order valence-corrected chi connectivity index (χ0v) is 9.98. The Morgan fingerprint density at radius 1 is 1.50 bits per heavy atom. The Hall–Kier alpha value is -2.17. The van der Waals surface area contributed by atoms with Gasteiger partial charge in [0.2, 0.25) is 0 Å². The van der Waals surface area contributed by atoms with Gasteiger partial charge in [-0.15, -0.1) is 0 Å². The molecule has 18 heavy (non-hydrogen) atoms. The van der Waals surface area contributed by atoms with E-state index in [0.29, 0.717) is 22.2 Å². The summed E-state index contributed by atoms with van der Waals surface area (Å²) in [6.07, 6.45) is 0.510. The van der Waals surface area contributed by atoms with Crippen LogP contribution in [0, 0.1) is 12.7 Å². The van der Waals surface area contributed by atoms with Crippen molar-refractivity contribution in [3.05, 3.63) is 35.8 Å². The van der Waals surface area contributed by atoms with E-state index >= 15 is 0 Å². The second kappa shape index (κ2) is 4.60. The quantitative estimate of drug-likeness (QED) is 0.908. The molecule has 1 heterocycles. The number of halogens is 1. The van der Waals surface area contributed by atoms with Crippen LogP contribution in [0.4, 0.5) is 4.39 Å². The third-order valence-electron chi connectivity index (χ3n) is 2.61. The Kier molecular flexibility index (Phi) is 3.14. The number of hydrogen-bond acceptors (Lipinski definition) is 3. The molecule has 0 bridgehead atoms. The van der Waals surface area contributed by atoms with E-state index in [2.05, 4.69) is 4.98 Å². The molecule has 0 unspecified atom stereocenters. The Bertz CT molecular complexity index is 612. The first-order valence-electron chi connectivity index (χ1n) is 5.43. The van der Waals surface area contributed by atoms with Gasteiger partial charge in [-0.3, -0.25) is 4.98 Å². The minimum absolute atomic E-state index is 0.317. The van der Waals surface area contributed by atoms with Gasteiger partial charge >= 0.3 is 5.97 Å². The molecule has 0 amide bonds. The van der Waals surface area contributed by atoms with Crippen molar-refractivity contribution in [3.63, 3.8) is 0 Å². The predicted octanol–water partition coefficient (Wildman–Crippen LogP) is 2.53. The maximum absolute atomic E-state index is 13.4. The van der Waals surface area contributed by atoms with Crippen molar-refractivity contribution in [2.24, 2.45) is 0 Å². The summed E-state index contributed by atoms with van der Waals surface area (Å²) in [4.78, 5) is 14.9. The van der Waals surface area contributed by atoms with Gasteiger partial charge in [0.25, 0.3) is 0 Å². The van der Waals surface area contributed by atoms with E-state index in [1.807, 2.05) is 0 Å². The molecule has 1 aromatic carbocycles. The molecule has 4 nitrogen and oxygen atoms in total. The van der Waals surface area contributed by atoms with Gasteiger partial charge < -0.3 is 9.84 Å².